The van der Waals surface area contributed by atoms with Crippen molar-refractivity contribution < 1.29 is 9.47 Å². The third-order valence-electron chi connectivity index (χ3n) is 5.62. The summed E-state index contributed by atoms with van der Waals surface area (Å²) in [5.74, 6) is 2.68. The third-order valence-corrected chi connectivity index (χ3v) is 6.34. The minimum Gasteiger partial charge on any atom is -0.378 e. The fourth-order valence-corrected chi connectivity index (χ4v) is 4.28. The molecule has 2 fully saturated rings. The normalized spacial score (nSPS) is 16.8. The molecule has 5 rings (SSSR count). The molecule has 2 saturated heterocycles. The lowest BCUT2D eigenvalue weighted by Gasteiger charge is -2.30. The van der Waals surface area contributed by atoms with Crippen LogP contribution in [0.25, 0.3) is 11.4 Å². The first-order chi connectivity index (χ1) is 16.2. The predicted molar refractivity (Wildman–Crippen MR) is 127 cm³/mol. The van der Waals surface area contributed by atoms with E-state index in [0.717, 1.165) is 48.4 Å². The Morgan fingerprint density at radius 1 is 0.818 bits per heavy atom. The molecule has 0 saturated carbocycles. The van der Waals surface area contributed by atoms with Gasteiger partial charge in [0.25, 0.3) is 0 Å². The van der Waals surface area contributed by atoms with Gasteiger partial charge in [0, 0.05) is 44.5 Å². The highest BCUT2D eigenvalue weighted by Gasteiger charge is 2.21. The number of nitrogens with one attached hydrogen (secondary N) is 1. The summed E-state index contributed by atoms with van der Waals surface area (Å²) in [5, 5.41) is 12.7. The molecular formula is C21H27N9O2S. The number of nitrogens with zero attached hydrogens (tertiary/aromatic N) is 8. The van der Waals surface area contributed by atoms with E-state index >= 15 is 0 Å². The molecule has 2 aliphatic heterocycles. The Balaban J connectivity index is 1.40. The fourth-order valence-electron chi connectivity index (χ4n) is 3.80. The zero-order valence-corrected chi connectivity index (χ0v) is 19.6. The minimum absolute atomic E-state index is 0.518. The maximum Gasteiger partial charge on any atom is 0.233 e. The van der Waals surface area contributed by atoms with Gasteiger partial charge < -0.3 is 29.2 Å². The summed E-state index contributed by atoms with van der Waals surface area (Å²) < 4.78 is 13.0. The van der Waals surface area contributed by atoms with Gasteiger partial charge in [0.15, 0.2) is 11.0 Å². The number of benzene rings is 1. The second-order valence-corrected chi connectivity index (χ2v) is 8.50. The number of thioether (sulfide) groups is 1. The molecule has 3 aromatic rings. The van der Waals surface area contributed by atoms with Crippen molar-refractivity contribution in [3.05, 3.63) is 24.3 Å². The highest BCUT2D eigenvalue weighted by molar-refractivity contribution is 7.98. The third kappa shape index (κ3) is 4.87. The molecule has 2 aliphatic rings. The van der Waals surface area contributed by atoms with E-state index in [9.17, 15) is 0 Å². The number of aromatic nitrogens is 6. The zero-order valence-electron chi connectivity index (χ0n) is 18.8. The van der Waals surface area contributed by atoms with Gasteiger partial charge in [-0.3, -0.25) is 0 Å². The average molecular weight is 470 g/mol. The lowest BCUT2D eigenvalue weighted by Crippen LogP contribution is -2.40. The fraction of sp³-hybridized carbons (Fsp3) is 0.476. The van der Waals surface area contributed by atoms with Crippen LogP contribution in [0.5, 0.6) is 0 Å². The summed E-state index contributed by atoms with van der Waals surface area (Å²) in [4.78, 5) is 18.4. The molecule has 2 aromatic heterocycles. The molecule has 11 nitrogen and oxygen atoms in total. The molecule has 12 heteroatoms. The Hall–Kier alpha value is -2.96. The van der Waals surface area contributed by atoms with Crippen molar-refractivity contribution in [1.29, 1.82) is 0 Å². The van der Waals surface area contributed by atoms with Gasteiger partial charge in [0.2, 0.25) is 17.8 Å². The SMILES string of the molecule is CSc1nnc(-c2ccc(Nc3nc(N4CCOCC4)nc(N4CCOCC4)n3)cc2)n1C. The molecule has 33 heavy (non-hydrogen) atoms. The standard InChI is InChI=1S/C21H27N9O2S/c1-28-17(26-27-21(28)33-2)15-3-5-16(6-4-15)22-18-23-19(29-7-11-31-12-8-29)25-20(24-18)30-9-13-32-14-10-30/h3-6H,7-14H2,1-2H3,(H,22,23,24,25). The van der Waals surface area contributed by atoms with Gasteiger partial charge in [-0.2, -0.15) is 15.0 Å². The van der Waals surface area contributed by atoms with E-state index < -0.39 is 0 Å². The van der Waals surface area contributed by atoms with Crippen LogP contribution >= 0.6 is 11.8 Å². The largest absolute Gasteiger partial charge is 0.378 e. The maximum absolute atomic E-state index is 5.49. The predicted octanol–water partition coefficient (Wildman–Crippen LogP) is 1.81. The van der Waals surface area contributed by atoms with Crippen molar-refractivity contribution in [3.63, 3.8) is 0 Å². The molecular weight excluding hydrogens is 442 g/mol. The van der Waals surface area contributed by atoms with Gasteiger partial charge in [-0.25, -0.2) is 0 Å². The number of hydrogen-bond acceptors (Lipinski definition) is 11. The highest BCUT2D eigenvalue weighted by atomic mass is 32.2. The second-order valence-electron chi connectivity index (χ2n) is 7.73. The first-order valence-electron chi connectivity index (χ1n) is 10.9. The van der Waals surface area contributed by atoms with Crippen molar-refractivity contribution >= 4 is 35.3 Å². The van der Waals surface area contributed by atoms with E-state index in [1.54, 1.807) is 11.8 Å². The summed E-state index contributed by atoms with van der Waals surface area (Å²) in [7, 11) is 1.97. The van der Waals surface area contributed by atoms with E-state index in [1.165, 1.54) is 0 Å². The van der Waals surface area contributed by atoms with Crippen LogP contribution in [0.15, 0.2) is 29.4 Å². The van der Waals surface area contributed by atoms with Gasteiger partial charge >= 0.3 is 0 Å². The molecule has 4 heterocycles. The van der Waals surface area contributed by atoms with Crippen molar-refractivity contribution in [1.82, 2.24) is 29.7 Å². The molecule has 0 amide bonds. The molecule has 0 atom stereocenters. The Bertz CT molecular complexity index is 1040. The van der Waals surface area contributed by atoms with Crippen LogP contribution < -0.4 is 15.1 Å². The summed E-state index contributed by atoms with van der Waals surface area (Å²) in [6.45, 7) is 5.72. The molecule has 0 bridgehead atoms. The summed E-state index contributed by atoms with van der Waals surface area (Å²) in [6.07, 6.45) is 1.99. The Morgan fingerprint density at radius 2 is 1.39 bits per heavy atom. The van der Waals surface area contributed by atoms with E-state index in [1.807, 2.05) is 42.1 Å². The molecule has 1 N–H and O–H groups in total. The number of hydrogen-bond donors (Lipinski definition) is 1. The molecule has 0 radical (unpaired) electrons. The molecule has 174 valence electrons. The smallest absolute Gasteiger partial charge is 0.233 e. The lowest BCUT2D eigenvalue weighted by atomic mass is 10.2. The van der Waals surface area contributed by atoms with E-state index in [-0.39, 0.29) is 0 Å². The lowest BCUT2D eigenvalue weighted by molar-refractivity contribution is 0.121. The topological polar surface area (TPSA) is 106 Å². The van der Waals surface area contributed by atoms with Crippen molar-refractivity contribution in [2.45, 2.75) is 5.16 Å². The number of ether oxygens (including phenoxy) is 2. The van der Waals surface area contributed by atoms with Crippen LogP contribution in [0.3, 0.4) is 0 Å². The van der Waals surface area contributed by atoms with Crippen molar-refractivity contribution in [3.8, 4) is 11.4 Å². The van der Waals surface area contributed by atoms with E-state index in [4.69, 9.17) is 24.4 Å². The average Bonchev–Trinajstić information content (AvgIpc) is 3.25. The first kappa shape index (κ1) is 21.9. The van der Waals surface area contributed by atoms with Gasteiger partial charge in [-0.05, 0) is 30.5 Å². The van der Waals surface area contributed by atoms with Crippen molar-refractivity contribution in [2.75, 3.05) is 74.0 Å². The zero-order chi connectivity index (χ0) is 22.6. The van der Waals surface area contributed by atoms with Crippen LogP contribution in [0.4, 0.5) is 23.5 Å². The number of anilines is 4. The van der Waals surface area contributed by atoms with Gasteiger partial charge in [-0.15, -0.1) is 10.2 Å². The van der Waals surface area contributed by atoms with Crippen molar-refractivity contribution in [2.24, 2.45) is 7.05 Å². The quantitative estimate of drug-likeness (QED) is 0.534. The Labute approximate surface area is 196 Å². The molecule has 1 aromatic carbocycles. The van der Waals surface area contributed by atoms with Gasteiger partial charge in [0.05, 0.1) is 26.4 Å². The maximum atomic E-state index is 5.49. The minimum atomic E-state index is 0.518. The van der Waals surface area contributed by atoms with Crippen LogP contribution in [0.2, 0.25) is 0 Å². The second kappa shape index (κ2) is 9.89. The van der Waals surface area contributed by atoms with Gasteiger partial charge in [0.1, 0.15) is 0 Å². The number of rotatable bonds is 6. The van der Waals surface area contributed by atoms with Crippen LogP contribution in [-0.2, 0) is 16.5 Å². The Morgan fingerprint density at radius 3 is 1.91 bits per heavy atom. The highest BCUT2D eigenvalue weighted by Crippen LogP contribution is 2.25. The first-order valence-corrected chi connectivity index (χ1v) is 12.2. The van der Waals surface area contributed by atoms with Crippen LogP contribution in [0, 0.1) is 0 Å². The number of morpholine rings is 2. The summed E-state index contributed by atoms with van der Waals surface area (Å²) in [5.41, 5.74) is 1.88. The molecule has 0 aliphatic carbocycles. The molecule has 0 spiro atoms. The van der Waals surface area contributed by atoms with E-state index in [0.29, 0.717) is 44.3 Å². The summed E-state index contributed by atoms with van der Waals surface area (Å²) in [6, 6.07) is 8.03. The van der Waals surface area contributed by atoms with E-state index in [2.05, 4.69) is 25.3 Å². The monoisotopic (exact) mass is 469 g/mol. The molecule has 0 unspecified atom stereocenters. The van der Waals surface area contributed by atoms with Crippen LogP contribution in [-0.4, -0.2) is 88.6 Å². The summed E-state index contributed by atoms with van der Waals surface area (Å²) >= 11 is 1.57. The Kier molecular flexibility index (Phi) is 6.55. The van der Waals surface area contributed by atoms with Crippen LogP contribution in [0.1, 0.15) is 0 Å². The van der Waals surface area contributed by atoms with Gasteiger partial charge in [-0.1, -0.05) is 11.8 Å².